The van der Waals surface area contributed by atoms with Crippen LogP contribution in [0.2, 0.25) is 0 Å². The van der Waals surface area contributed by atoms with Crippen molar-refractivity contribution in [1.29, 1.82) is 0 Å². The van der Waals surface area contributed by atoms with Crippen LogP contribution in [0.4, 0.5) is 0 Å². The van der Waals surface area contributed by atoms with Gasteiger partial charge in [0.25, 0.3) is 0 Å². The molecule has 0 aliphatic rings. The summed E-state index contributed by atoms with van der Waals surface area (Å²) in [5.41, 5.74) is 3.50. The fourth-order valence-corrected chi connectivity index (χ4v) is 1.97. The average molecular weight is 286 g/mol. The molecular weight excluding hydrogens is 266 g/mol. The zero-order chi connectivity index (χ0) is 12.0. The summed E-state index contributed by atoms with van der Waals surface area (Å²) in [7, 11) is 1.73. The molecule has 1 rings (SSSR count). The highest BCUT2D eigenvalue weighted by Crippen LogP contribution is 2.27. The van der Waals surface area contributed by atoms with Gasteiger partial charge in [0.2, 0.25) is 0 Å². The van der Waals surface area contributed by atoms with Crippen LogP contribution in [0.5, 0.6) is 5.75 Å². The molecule has 0 atom stereocenters. The van der Waals surface area contributed by atoms with E-state index in [0.717, 1.165) is 24.2 Å². The molecule has 0 radical (unpaired) electrons. The Bertz CT molecular complexity index is 326. The van der Waals surface area contributed by atoms with E-state index in [2.05, 4.69) is 53.3 Å². The lowest BCUT2D eigenvalue weighted by atomic mass is 9.98. The Morgan fingerprint density at radius 3 is 2.69 bits per heavy atom. The van der Waals surface area contributed by atoms with Gasteiger partial charge in [0.05, 0.1) is 12.6 Å². The third-order valence-electron chi connectivity index (χ3n) is 2.60. The van der Waals surface area contributed by atoms with Crippen LogP contribution in [0.1, 0.15) is 30.9 Å². The maximum atomic E-state index is 5.36. The van der Waals surface area contributed by atoms with Crippen LogP contribution < -0.4 is 10.1 Å². The summed E-state index contributed by atoms with van der Waals surface area (Å²) in [5, 5.41) is 3.26. The Morgan fingerprint density at radius 1 is 1.38 bits per heavy atom. The molecule has 0 fully saturated rings. The second kappa shape index (κ2) is 6.92. The van der Waals surface area contributed by atoms with Gasteiger partial charge in [-0.25, -0.2) is 0 Å². The molecule has 2 nitrogen and oxygen atoms in total. The number of nitrogens with one attached hydrogen (secondary N) is 1. The molecule has 1 aromatic rings. The van der Waals surface area contributed by atoms with Crippen LogP contribution in [0, 0.1) is 0 Å². The lowest BCUT2D eigenvalue weighted by molar-refractivity contribution is 0.407. The first-order valence-electron chi connectivity index (χ1n) is 5.62. The topological polar surface area (TPSA) is 21.3 Å². The minimum absolute atomic E-state index is 0.499. The maximum absolute atomic E-state index is 5.36. The van der Waals surface area contributed by atoms with Gasteiger partial charge in [-0.05, 0) is 36.1 Å². The van der Waals surface area contributed by atoms with Crippen molar-refractivity contribution in [3.05, 3.63) is 29.3 Å². The van der Waals surface area contributed by atoms with Crippen molar-refractivity contribution in [2.45, 2.75) is 26.2 Å². The molecule has 0 unspecified atom stereocenters. The molecule has 0 saturated heterocycles. The number of rotatable bonds is 6. The molecule has 16 heavy (non-hydrogen) atoms. The summed E-state index contributed by atoms with van der Waals surface area (Å²) in [5.74, 6) is 1.49. The first-order valence-corrected chi connectivity index (χ1v) is 6.74. The molecule has 0 spiro atoms. The first-order chi connectivity index (χ1) is 7.69. The minimum atomic E-state index is 0.499. The van der Waals surface area contributed by atoms with Gasteiger partial charge in [0.1, 0.15) is 5.75 Å². The second-order valence-electron chi connectivity index (χ2n) is 4.11. The lowest BCUT2D eigenvalue weighted by Gasteiger charge is -2.13. The first kappa shape index (κ1) is 13.5. The highest BCUT2D eigenvalue weighted by Gasteiger charge is 2.07. The molecule has 3 heteroatoms. The van der Waals surface area contributed by atoms with Gasteiger partial charge in [-0.15, -0.1) is 0 Å². The summed E-state index contributed by atoms with van der Waals surface area (Å²) in [6, 6.07) is 6.46. The Balaban J connectivity index is 2.77. The fourth-order valence-electron chi connectivity index (χ4n) is 1.69. The van der Waals surface area contributed by atoms with Crippen LogP contribution >= 0.6 is 15.9 Å². The van der Waals surface area contributed by atoms with Crippen molar-refractivity contribution < 1.29 is 4.74 Å². The van der Waals surface area contributed by atoms with Crippen molar-refractivity contribution in [3.8, 4) is 5.75 Å². The third-order valence-corrected chi connectivity index (χ3v) is 3.00. The number of benzene rings is 1. The zero-order valence-corrected chi connectivity index (χ0v) is 11.8. The second-order valence-corrected chi connectivity index (χ2v) is 4.68. The van der Waals surface area contributed by atoms with Crippen molar-refractivity contribution in [3.63, 3.8) is 0 Å². The largest absolute Gasteiger partial charge is 0.496 e. The molecule has 0 aromatic heterocycles. The predicted molar refractivity (Wildman–Crippen MR) is 72.6 cm³/mol. The summed E-state index contributed by atoms with van der Waals surface area (Å²) in [6.07, 6.45) is 1.05. The number of hydrogen-bond donors (Lipinski definition) is 1. The molecule has 0 aliphatic heterocycles. The maximum Gasteiger partial charge on any atom is 0.122 e. The van der Waals surface area contributed by atoms with Crippen molar-refractivity contribution >= 4 is 15.9 Å². The lowest BCUT2D eigenvalue weighted by Crippen LogP contribution is -2.14. The smallest absolute Gasteiger partial charge is 0.122 e. The van der Waals surface area contributed by atoms with E-state index in [4.69, 9.17) is 4.74 Å². The predicted octanol–water partition coefficient (Wildman–Crippen LogP) is 3.30. The molecule has 0 saturated carbocycles. The Kier molecular flexibility index (Phi) is 5.85. The summed E-state index contributed by atoms with van der Waals surface area (Å²) >= 11 is 3.35. The highest BCUT2D eigenvalue weighted by atomic mass is 79.9. The van der Waals surface area contributed by atoms with Crippen molar-refractivity contribution in [2.24, 2.45) is 0 Å². The van der Waals surface area contributed by atoms with E-state index < -0.39 is 0 Å². The van der Waals surface area contributed by atoms with Gasteiger partial charge in [-0.1, -0.05) is 41.9 Å². The number of alkyl halides is 1. The summed E-state index contributed by atoms with van der Waals surface area (Å²) < 4.78 is 5.36. The SMILES string of the molecule is COc1ccc(CCNCBr)cc1C(C)C. The Hall–Kier alpha value is -0.540. The van der Waals surface area contributed by atoms with Crippen LogP contribution in [-0.2, 0) is 6.42 Å². The van der Waals surface area contributed by atoms with Gasteiger partial charge in [-0.2, -0.15) is 0 Å². The van der Waals surface area contributed by atoms with E-state index in [1.807, 2.05) is 0 Å². The van der Waals surface area contributed by atoms with Crippen molar-refractivity contribution in [1.82, 2.24) is 5.32 Å². The van der Waals surface area contributed by atoms with E-state index in [-0.39, 0.29) is 0 Å². The molecule has 0 heterocycles. The Labute approximate surface area is 107 Å². The van der Waals surface area contributed by atoms with E-state index in [9.17, 15) is 0 Å². The monoisotopic (exact) mass is 285 g/mol. The summed E-state index contributed by atoms with van der Waals surface area (Å²) in [4.78, 5) is 0. The molecular formula is C13H20BrNO. The van der Waals surface area contributed by atoms with Gasteiger partial charge in [-0.3, -0.25) is 0 Å². The van der Waals surface area contributed by atoms with Gasteiger partial charge in [0.15, 0.2) is 0 Å². The Morgan fingerprint density at radius 2 is 2.12 bits per heavy atom. The highest BCUT2D eigenvalue weighted by molar-refractivity contribution is 9.09. The zero-order valence-electron chi connectivity index (χ0n) is 10.2. The van der Waals surface area contributed by atoms with E-state index >= 15 is 0 Å². The van der Waals surface area contributed by atoms with Gasteiger partial charge < -0.3 is 10.1 Å². The molecule has 0 aliphatic carbocycles. The normalized spacial score (nSPS) is 10.8. The number of ether oxygens (including phenoxy) is 1. The third kappa shape index (κ3) is 3.80. The summed E-state index contributed by atoms with van der Waals surface area (Å²) in [6.45, 7) is 5.38. The van der Waals surface area contributed by atoms with Crippen LogP contribution in [0.25, 0.3) is 0 Å². The number of hydrogen-bond acceptors (Lipinski definition) is 2. The van der Waals surface area contributed by atoms with Crippen LogP contribution in [0.15, 0.2) is 18.2 Å². The number of methoxy groups -OCH3 is 1. The van der Waals surface area contributed by atoms with Crippen molar-refractivity contribution in [2.75, 3.05) is 19.1 Å². The molecule has 1 aromatic carbocycles. The quantitative estimate of drug-likeness (QED) is 0.492. The molecule has 90 valence electrons. The number of halogens is 1. The average Bonchev–Trinajstić information content (AvgIpc) is 2.29. The minimum Gasteiger partial charge on any atom is -0.496 e. The molecule has 0 bridgehead atoms. The molecule has 1 N–H and O–H groups in total. The van der Waals surface area contributed by atoms with Crippen LogP contribution in [-0.4, -0.2) is 19.1 Å². The molecule has 0 amide bonds. The van der Waals surface area contributed by atoms with Crippen LogP contribution in [0.3, 0.4) is 0 Å². The van der Waals surface area contributed by atoms with Gasteiger partial charge >= 0.3 is 0 Å². The van der Waals surface area contributed by atoms with E-state index in [1.54, 1.807) is 7.11 Å². The van der Waals surface area contributed by atoms with E-state index in [1.165, 1.54) is 11.1 Å². The van der Waals surface area contributed by atoms with E-state index in [0.29, 0.717) is 5.92 Å². The van der Waals surface area contributed by atoms with Gasteiger partial charge in [0, 0.05) is 0 Å². The fraction of sp³-hybridized carbons (Fsp3) is 0.538. The standard InChI is InChI=1S/C13H20BrNO/c1-10(2)12-8-11(6-7-15-9-14)4-5-13(12)16-3/h4-5,8,10,15H,6-7,9H2,1-3H3.